The van der Waals surface area contributed by atoms with Crippen LogP contribution in [0.15, 0.2) is 73.4 Å². The van der Waals surface area contributed by atoms with Crippen molar-refractivity contribution in [2.45, 2.75) is 0 Å². The van der Waals surface area contributed by atoms with Crippen molar-refractivity contribution < 1.29 is 4.39 Å². The van der Waals surface area contributed by atoms with Crippen molar-refractivity contribution in [3.8, 4) is 33.9 Å². The van der Waals surface area contributed by atoms with E-state index in [0.29, 0.717) is 28.7 Å². The minimum absolute atomic E-state index is 0.322. The first-order chi connectivity index (χ1) is 17.0. The number of nitrogens with one attached hydrogen (secondary N) is 1. The summed E-state index contributed by atoms with van der Waals surface area (Å²) in [6, 6.07) is 12.0. The molecule has 0 amide bonds. The molecule has 11 heteroatoms. The second kappa shape index (κ2) is 8.13. The van der Waals surface area contributed by atoms with Crippen LogP contribution < -0.4 is 5.32 Å². The fourth-order valence-corrected chi connectivity index (χ4v) is 3.93. The maximum atomic E-state index is 13.9. The van der Waals surface area contributed by atoms with E-state index in [1.165, 1.54) is 12.1 Å². The number of nitrogens with zero attached hydrogens (tertiary/aromatic N) is 9. The predicted molar refractivity (Wildman–Crippen MR) is 128 cm³/mol. The van der Waals surface area contributed by atoms with Crippen molar-refractivity contribution in [2.75, 3.05) is 5.32 Å². The normalized spacial score (nSPS) is 11.3. The maximum absolute atomic E-state index is 13.9. The summed E-state index contributed by atoms with van der Waals surface area (Å²) in [5.41, 5.74) is 5.10. The lowest BCUT2D eigenvalue weighted by Gasteiger charge is -2.06. The molecular formula is C24H19FN10. The summed E-state index contributed by atoms with van der Waals surface area (Å²) < 4.78 is 19.1. The molecule has 172 valence electrons. The minimum Gasteiger partial charge on any atom is -0.321 e. The Bertz CT molecular complexity index is 1680. The van der Waals surface area contributed by atoms with E-state index >= 15 is 0 Å². The van der Waals surface area contributed by atoms with Gasteiger partial charge in [0.2, 0.25) is 5.95 Å². The number of hydrogen-bond acceptors (Lipinski definition) is 7. The summed E-state index contributed by atoms with van der Waals surface area (Å²) in [5.74, 6) is 0.755. The minimum atomic E-state index is -0.322. The molecule has 1 N–H and O–H groups in total. The largest absolute Gasteiger partial charge is 0.321 e. The van der Waals surface area contributed by atoms with Gasteiger partial charge in [-0.05, 0) is 30.3 Å². The van der Waals surface area contributed by atoms with Crippen LogP contribution in [-0.4, -0.2) is 44.1 Å². The first-order valence-electron chi connectivity index (χ1n) is 10.8. The van der Waals surface area contributed by atoms with Gasteiger partial charge in [-0.25, -0.2) is 14.4 Å². The van der Waals surface area contributed by atoms with E-state index in [4.69, 9.17) is 0 Å². The highest BCUT2D eigenvalue weighted by atomic mass is 19.1. The summed E-state index contributed by atoms with van der Waals surface area (Å²) in [6.45, 7) is 0. The average Bonchev–Trinajstić information content (AvgIpc) is 3.56. The topological polar surface area (TPSA) is 104 Å². The van der Waals surface area contributed by atoms with Gasteiger partial charge in [-0.3, -0.25) is 13.8 Å². The van der Waals surface area contributed by atoms with Gasteiger partial charge in [0.1, 0.15) is 11.5 Å². The van der Waals surface area contributed by atoms with Crippen molar-refractivity contribution in [2.24, 2.45) is 14.1 Å². The van der Waals surface area contributed by atoms with Crippen LogP contribution >= 0.6 is 0 Å². The Hall–Kier alpha value is -4.93. The van der Waals surface area contributed by atoms with Crippen molar-refractivity contribution in [1.29, 1.82) is 0 Å². The number of aromatic nitrogens is 9. The van der Waals surface area contributed by atoms with Crippen molar-refractivity contribution in [3.63, 3.8) is 0 Å². The number of anilines is 2. The Morgan fingerprint density at radius 3 is 2.69 bits per heavy atom. The SMILES string of the molecule is Cn1cc(Nc2nccc(-c3ccn4c(-c5cn(C)nc5-c5cccc(F)c5)nnc4c3)n2)cn1. The van der Waals surface area contributed by atoms with Crippen LogP contribution in [-0.2, 0) is 14.1 Å². The van der Waals surface area contributed by atoms with E-state index in [2.05, 4.69) is 35.7 Å². The van der Waals surface area contributed by atoms with Crippen LogP contribution in [0.1, 0.15) is 0 Å². The quantitative estimate of drug-likeness (QED) is 0.411. The number of benzene rings is 1. The highest BCUT2D eigenvalue weighted by Gasteiger charge is 2.18. The summed E-state index contributed by atoms with van der Waals surface area (Å²) >= 11 is 0. The van der Waals surface area contributed by atoms with Crippen LogP contribution in [0.4, 0.5) is 16.0 Å². The molecule has 0 aliphatic heterocycles. The standard InChI is InChI=1S/C24H19FN10/c1-33-13-18(12-27-33)28-24-26-8-6-20(29-24)15-7-9-35-21(11-15)30-31-23(35)19-14-34(2)32-22(19)16-4-3-5-17(25)10-16/h3-14H,1-2H3,(H,26,28,29). The van der Waals surface area contributed by atoms with E-state index in [-0.39, 0.29) is 5.82 Å². The van der Waals surface area contributed by atoms with Crippen molar-refractivity contribution in [1.82, 2.24) is 44.1 Å². The molecule has 0 fully saturated rings. The summed E-state index contributed by atoms with van der Waals surface area (Å²) in [6.07, 6.45) is 8.98. The lowest BCUT2D eigenvalue weighted by Crippen LogP contribution is -1.97. The number of aryl methyl sites for hydroxylation is 2. The van der Waals surface area contributed by atoms with E-state index in [0.717, 1.165) is 22.5 Å². The Kier molecular flexibility index (Phi) is 4.80. The fraction of sp³-hybridized carbons (Fsp3) is 0.0833. The van der Waals surface area contributed by atoms with Crippen molar-refractivity contribution in [3.05, 3.63) is 79.3 Å². The van der Waals surface area contributed by atoms with Gasteiger partial charge in [0.15, 0.2) is 11.5 Å². The summed E-state index contributed by atoms with van der Waals surface area (Å²) in [7, 11) is 3.66. The maximum Gasteiger partial charge on any atom is 0.227 e. The number of hydrogen-bond donors (Lipinski definition) is 1. The third-order valence-corrected chi connectivity index (χ3v) is 5.49. The molecule has 0 atom stereocenters. The molecule has 0 aliphatic carbocycles. The zero-order valence-electron chi connectivity index (χ0n) is 18.8. The molecule has 1 aromatic carbocycles. The number of rotatable bonds is 5. The molecular weight excluding hydrogens is 447 g/mol. The van der Waals surface area contributed by atoms with Gasteiger partial charge in [0.25, 0.3) is 0 Å². The highest BCUT2D eigenvalue weighted by molar-refractivity contribution is 5.78. The summed E-state index contributed by atoms with van der Waals surface area (Å²) in [4.78, 5) is 8.91. The Morgan fingerprint density at radius 2 is 1.86 bits per heavy atom. The van der Waals surface area contributed by atoms with Gasteiger partial charge in [0.05, 0.1) is 23.1 Å². The van der Waals surface area contributed by atoms with Crippen LogP contribution in [0.25, 0.3) is 39.5 Å². The average molecular weight is 466 g/mol. The van der Waals surface area contributed by atoms with E-state index in [9.17, 15) is 4.39 Å². The second-order valence-electron chi connectivity index (χ2n) is 8.04. The van der Waals surface area contributed by atoms with Gasteiger partial charge in [-0.2, -0.15) is 10.2 Å². The summed E-state index contributed by atoms with van der Waals surface area (Å²) in [5, 5.41) is 20.6. The molecule has 5 heterocycles. The molecule has 0 radical (unpaired) electrons. The van der Waals surface area contributed by atoms with Crippen LogP contribution in [0.3, 0.4) is 0 Å². The molecule has 6 rings (SSSR count). The lowest BCUT2D eigenvalue weighted by atomic mass is 10.1. The van der Waals surface area contributed by atoms with Gasteiger partial charge in [0, 0.05) is 50.0 Å². The number of pyridine rings is 1. The third kappa shape index (κ3) is 3.88. The Balaban J connectivity index is 1.37. The molecule has 5 aromatic heterocycles. The molecule has 6 aromatic rings. The molecule has 10 nitrogen and oxygen atoms in total. The molecule has 35 heavy (non-hydrogen) atoms. The molecule has 0 bridgehead atoms. The predicted octanol–water partition coefficient (Wildman–Crippen LogP) is 3.87. The fourth-order valence-electron chi connectivity index (χ4n) is 3.93. The van der Waals surface area contributed by atoms with Crippen LogP contribution in [0.2, 0.25) is 0 Å². The highest BCUT2D eigenvalue weighted by Crippen LogP contribution is 2.31. The van der Waals surface area contributed by atoms with Crippen molar-refractivity contribution >= 4 is 17.3 Å². The third-order valence-electron chi connectivity index (χ3n) is 5.49. The van der Waals surface area contributed by atoms with E-state index < -0.39 is 0 Å². The second-order valence-corrected chi connectivity index (χ2v) is 8.04. The number of fused-ring (bicyclic) bond motifs is 1. The Labute approximate surface area is 198 Å². The molecule has 0 unspecified atom stereocenters. The first-order valence-corrected chi connectivity index (χ1v) is 10.8. The zero-order chi connectivity index (χ0) is 23.9. The lowest BCUT2D eigenvalue weighted by molar-refractivity contribution is 0.628. The Morgan fingerprint density at radius 1 is 0.943 bits per heavy atom. The molecule has 0 aliphatic rings. The van der Waals surface area contributed by atoms with Gasteiger partial charge in [-0.15, -0.1) is 10.2 Å². The molecule has 0 saturated heterocycles. The van der Waals surface area contributed by atoms with Gasteiger partial charge in [-0.1, -0.05) is 12.1 Å². The van der Waals surface area contributed by atoms with E-state index in [1.54, 1.807) is 27.8 Å². The van der Waals surface area contributed by atoms with Crippen LogP contribution in [0.5, 0.6) is 0 Å². The van der Waals surface area contributed by atoms with Gasteiger partial charge >= 0.3 is 0 Å². The smallest absolute Gasteiger partial charge is 0.227 e. The van der Waals surface area contributed by atoms with Crippen LogP contribution in [0, 0.1) is 5.82 Å². The van der Waals surface area contributed by atoms with Gasteiger partial charge < -0.3 is 5.32 Å². The zero-order valence-corrected chi connectivity index (χ0v) is 18.8. The molecule has 0 saturated carbocycles. The first kappa shape index (κ1) is 20.7. The molecule has 0 spiro atoms. The van der Waals surface area contributed by atoms with E-state index in [1.807, 2.05) is 61.4 Å². The monoisotopic (exact) mass is 466 g/mol. The number of halogens is 1.